The summed E-state index contributed by atoms with van der Waals surface area (Å²) in [7, 11) is 1.53. The van der Waals surface area contributed by atoms with Gasteiger partial charge in [0.2, 0.25) is 0 Å². The zero-order valence-electron chi connectivity index (χ0n) is 14.5. The zero-order valence-corrected chi connectivity index (χ0v) is 14.5. The van der Waals surface area contributed by atoms with Crippen LogP contribution in [0.4, 0.5) is 13.2 Å². The van der Waals surface area contributed by atoms with Crippen molar-refractivity contribution >= 4 is 5.91 Å². The maximum atomic E-state index is 12.6. The number of alkyl halides is 3. The monoisotopic (exact) mass is 374 g/mol. The topological polar surface area (TPSA) is 34.5 Å². The molecule has 3 rings (SSSR count). The van der Waals surface area contributed by atoms with E-state index in [0.29, 0.717) is 5.56 Å². The summed E-state index contributed by atoms with van der Waals surface area (Å²) in [5.74, 6) is -0.608. The average Bonchev–Trinajstić information content (AvgIpc) is 3.16. The predicted molar refractivity (Wildman–Crippen MR) is 94.7 cm³/mol. The first kappa shape index (κ1) is 18.6. The number of para-hydroxylation sites is 1. The Morgan fingerprint density at radius 2 is 1.63 bits per heavy atom. The summed E-state index contributed by atoms with van der Waals surface area (Å²) < 4.78 is 43.5. The van der Waals surface area contributed by atoms with Gasteiger partial charge in [0.25, 0.3) is 5.91 Å². The summed E-state index contributed by atoms with van der Waals surface area (Å²) in [6.45, 7) is -0.00949. The van der Waals surface area contributed by atoms with Crippen molar-refractivity contribution < 1.29 is 22.7 Å². The number of carbonyl (C=O) groups excluding carboxylic acids is 1. The number of rotatable bonds is 5. The number of hydrogen-bond donors (Lipinski definition) is 0. The van der Waals surface area contributed by atoms with E-state index in [-0.39, 0.29) is 23.8 Å². The molecule has 140 valence electrons. The van der Waals surface area contributed by atoms with Crippen molar-refractivity contribution in [3.05, 3.63) is 84.2 Å². The maximum Gasteiger partial charge on any atom is 0.573 e. The van der Waals surface area contributed by atoms with Crippen LogP contribution < -0.4 is 4.74 Å². The lowest BCUT2D eigenvalue weighted by molar-refractivity contribution is -0.275. The van der Waals surface area contributed by atoms with Crippen molar-refractivity contribution in [2.24, 2.45) is 0 Å². The van der Waals surface area contributed by atoms with Crippen LogP contribution in [0.25, 0.3) is 5.69 Å². The summed E-state index contributed by atoms with van der Waals surface area (Å²) >= 11 is 0. The Kier molecular flexibility index (Phi) is 5.21. The third-order valence-electron chi connectivity index (χ3n) is 3.97. The number of aromatic nitrogens is 1. The van der Waals surface area contributed by atoms with Gasteiger partial charge >= 0.3 is 6.36 Å². The van der Waals surface area contributed by atoms with E-state index in [4.69, 9.17) is 0 Å². The number of nitrogens with zero attached hydrogens (tertiary/aromatic N) is 2. The zero-order chi connectivity index (χ0) is 19.4. The smallest absolute Gasteiger partial charge is 0.405 e. The Labute approximate surface area is 154 Å². The van der Waals surface area contributed by atoms with Gasteiger partial charge in [0, 0.05) is 42.8 Å². The number of benzene rings is 2. The molecule has 0 saturated heterocycles. The lowest BCUT2D eigenvalue weighted by atomic mass is 10.1. The van der Waals surface area contributed by atoms with E-state index >= 15 is 0 Å². The van der Waals surface area contributed by atoms with Crippen molar-refractivity contribution in [2.75, 3.05) is 7.05 Å². The van der Waals surface area contributed by atoms with Crippen molar-refractivity contribution in [3.63, 3.8) is 0 Å². The van der Waals surface area contributed by atoms with Gasteiger partial charge in [-0.05, 0) is 42.5 Å². The molecule has 0 aliphatic heterocycles. The second kappa shape index (κ2) is 7.57. The van der Waals surface area contributed by atoms with E-state index in [1.54, 1.807) is 18.2 Å². The van der Waals surface area contributed by atoms with Gasteiger partial charge in [0.05, 0.1) is 0 Å². The molecule has 0 aliphatic rings. The molecule has 0 radical (unpaired) electrons. The molecule has 0 N–H and O–H groups in total. The Hall–Kier alpha value is -3.22. The highest BCUT2D eigenvalue weighted by molar-refractivity contribution is 5.94. The molecule has 0 unspecified atom stereocenters. The third-order valence-corrected chi connectivity index (χ3v) is 3.97. The maximum absolute atomic E-state index is 12.6. The molecular formula is C20H17F3N2O2. The van der Waals surface area contributed by atoms with E-state index in [9.17, 15) is 18.0 Å². The van der Waals surface area contributed by atoms with Gasteiger partial charge in [-0.2, -0.15) is 0 Å². The standard InChI is InChI=1S/C20H17F3N2O2/c1-24(14-16-6-2-3-7-18(16)27-20(21,22)23)19(26)15-8-10-17(11-9-15)25-12-4-5-13-25/h2-13H,14H2,1H3. The van der Waals surface area contributed by atoms with Crippen molar-refractivity contribution in [3.8, 4) is 11.4 Å². The largest absolute Gasteiger partial charge is 0.573 e. The molecule has 1 aromatic heterocycles. The number of carbonyl (C=O) groups is 1. The molecule has 0 fully saturated rings. The minimum absolute atomic E-state index is 0.00949. The fourth-order valence-electron chi connectivity index (χ4n) is 2.69. The minimum Gasteiger partial charge on any atom is -0.405 e. The first-order chi connectivity index (χ1) is 12.8. The lowest BCUT2D eigenvalue weighted by Gasteiger charge is -2.20. The SMILES string of the molecule is CN(Cc1ccccc1OC(F)(F)F)C(=O)c1ccc(-n2cccc2)cc1. The number of halogens is 3. The van der Waals surface area contributed by atoms with Crippen molar-refractivity contribution in [1.82, 2.24) is 9.47 Å². The van der Waals surface area contributed by atoms with Gasteiger partial charge in [-0.3, -0.25) is 4.79 Å². The highest BCUT2D eigenvalue weighted by Crippen LogP contribution is 2.27. The molecule has 3 aromatic rings. The highest BCUT2D eigenvalue weighted by atomic mass is 19.4. The molecule has 0 bridgehead atoms. The van der Waals surface area contributed by atoms with Crippen LogP contribution in [0.5, 0.6) is 5.75 Å². The van der Waals surface area contributed by atoms with Crippen LogP contribution >= 0.6 is 0 Å². The second-order valence-corrected chi connectivity index (χ2v) is 5.95. The molecule has 1 amide bonds. The molecule has 27 heavy (non-hydrogen) atoms. The fraction of sp³-hybridized carbons (Fsp3) is 0.150. The molecule has 4 nitrogen and oxygen atoms in total. The summed E-state index contributed by atoms with van der Waals surface area (Å²) in [4.78, 5) is 13.9. The van der Waals surface area contributed by atoms with Crippen LogP contribution in [-0.4, -0.2) is 28.8 Å². The first-order valence-corrected chi connectivity index (χ1v) is 8.16. The van der Waals surface area contributed by atoms with Crippen LogP contribution in [-0.2, 0) is 6.54 Å². The second-order valence-electron chi connectivity index (χ2n) is 5.95. The normalized spacial score (nSPS) is 11.3. The molecular weight excluding hydrogens is 357 g/mol. The predicted octanol–water partition coefficient (Wildman–Crippen LogP) is 4.65. The Bertz CT molecular complexity index is 904. The number of amides is 1. The molecule has 7 heteroatoms. The Morgan fingerprint density at radius 3 is 2.26 bits per heavy atom. The summed E-state index contributed by atoms with van der Waals surface area (Å²) in [6.07, 6.45) is -1.01. The summed E-state index contributed by atoms with van der Waals surface area (Å²) in [6, 6.07) is 16.6. The number of ether oxygens (including phenoxy) is 1. The van der Waals surface area contributed by atoms with E-state index in [1.807, 2.05) is 41.2 Å². The van der Waals surface area contributed by atoms with E-state index < -0.39 is 6.36 Å². The van der Waals surface area contributed by atoms with Gasteiger partial charge in [-0.1, -0.05) is 18.2 Å². The average molecular weight is 374 g/mol. The van der Waals surface area contributed by atoms with Crippen LogP contribution in [0.1, 0.15) is 15.9 Å². The molecule has 1 heterocycles. The van der Waals surface area contributed by atoms with Crippen molar-refractivity contribution in [2.45, 2.75) is 12.9 Å². The number of hydrogen-bond acceptors (Lipinski definition) is 2. The first-order valence-electron chi connectivity index (χ1n) is 8.16. The third kappa shape index (κ3) is 4.69. The molecule has 0 saturated carbocycles. The molecule has 0 spiro atoms. The Morgan fingerprint density at radius 1 is 1.00 bits per heavy atom. The van der Waals surface area contributed by atoms with E-state index in [0.717, 1.165) is 5.69 Å². The lowest BCUT2D eigenvalue weighted by Crippen LogP contribution is -2.27. The Balaban J connectivity index is 1.73. The molecule has 0 aliphatic carbocycles. The van der Waals surface area contributed by atoms with Crippen LogP contribution in [0.15, 0.2) is 73.1 Å². The highest BCUT2D eigenvalue weighted by Gasteiger charge is 2.32. The molecule has 0 atom stereocenters. The fourth-order valence-corrected chi connectivity index (χ4v) is 2.69. The van der Waals surface area contributed by atoms with Gasteiger partial charge in [0.1, 0.15) is 5.75 Å². The van der Waals surface area contributed by atoms with E-state index in [1.165, 1.54) is 30.1 Å². The van der Waals surface area contributed by atoms with Crippen molar-refractivity contribution in [1.29, 1.82) is 0 Å². The van der Waals surface area contributed by atoms with Crippen LogP contribution in [0.2, 0.25) is 0 Å². The van der Waals surface area contributed by atoms with E-state index in [2.05, 4.69) is 4.74 Å². The summed E-state index contributed by atoms with van der Waals surface area (Å²) in [5.41, 5.74) is 1.63. The van der Waals surface area contributed by atoms with Gasteiger partial charge in [0.15, 0.2) is 0 Å². The molecule has 2 aromatic carbocycles. The van der Waals surface area contributed by atoms with Gasteiger partial charge in [-0.15, -0.1) is 13.2 Å². The van der Waals surface area contributed by atoms with Crippen LogP contribution in [0.3, 0.4) is 0 Å². The van der Waals surface area contributed by atoms with Crippen LogP contribution in [0, 0.1) is 0 Å². The van der Waals surface area contributed by atoms with Gasteiger partial charge in [-0.25, -0.2) is 0 Å². The quantitative estimate of drug-likeness (QED) is 0.652. The van der Waals surface area contributed by atoms with Gasteiger partial charge < -0.3 is 14.2 Å². The minimum atomic E-state index is -4.78. The summed E-state index contributed by atoms with van der Waals surface area (Å²) in [5, 5.41) is 0.